The van der Waals surface area contributed by atoms with E-state index in [1.54, 1.807) is 6.92 Å². The third kappa shape index (κ3) is 2.65. The van der Waals surface area contributed by atoms with Crippen LogP contribution in [0.15, 0.2) is 42.5 Å². The lowest BCUT2D eigenvalue weighted by molar-refractivity contribution is -0.121. The largest absolute Gasteiger partial charge is 0.348 e. The zero-order chi connectivity index (χ0) is 13.1. The minimum atomic E-state index is -0.512. The lowest BCUT2D eigenvalue weighted by Gasteiger charge is -2.17. The van der Waals surface area contributed by atoms with Gasteiger partial charge in [0.1, 0.15) is 5.38 Å². The summed E-state index contributed by atoms with van der Waals surface area (Å²) < 4.78 is 0. The van der Waals surface area contributed by atoms with Gasteiger partial charge < -0.3 is 5.32 Å². The normalized spacial score (nSPS) is 14.2. The fraction of sp³-hybridized carbons (Fsp3) is 0.267. The third-order valence-electron chi connectivity index (χ3n) is 3.01. The van der Waals surface area contributed by atoms with Crippen LogP contribution in [0.5, 0.6) is 0 Å². The quantitative estimate of drug-likeness (QED) is 0.840. The zero-order valence-corrected chi connectivity index (χ0v) is 11.2. The van der Waals surface area contributed by atoms with E-state index in [0.29, 0.717) is 0 Å². The van der Waals surface area contributed by atoms with Crippen LogP contribution in [0.25, 0.3) is 10.8 Å². The average Bonchev–Trinajstić information content (AvgIpc) is 2.37. The summed E-state index contributed by atoms with van der Waals surface area (Å²) in [6.45, 7) is 3.64. The van der Waals surface area contributed by atoms with Crippen LogP contribution in [0.2, 0.25) is 0 Å². The predicted octanol–water partition coefficient (Wildman–Crippen LogP) is 3.64. The molecule has 0 bridgehead atoms. The first kappa shape index (κ1) is 12.9. The van der Waals surface area contributed by atoms with Crippen LogP contribution in [-0.2, 0) is 4.79 Å². The Balaban J connectivity index is 2.33. The molecule has 2 aromatic carbocycles. The van der Waals surface area contributed by atoms with Crippen molar-refractivity contribution < 1.29 is 4.79 Å². The molecule has 2 nitrogen and oxygen atoms in total. The molecule has 0 radical (unpaired) electrons. The molecule has 0 spiro atoms. The van der Waals surface area contributed by atoms with E-state index in [4.69, 9.17) is 11.6 Å². The molecule has 0 unspecified atom stereocenters. The molecule has 3 heteroatoms. The Morgan fingerprint density at radius 1 is 1.11 bits per heavy atom. The van der Waals surface area contributed by atoms with E-state index >= 15 is 0 Å². The molecule has 2 rings (SSSR count). The zero-order valence-electron chi connectivity index (χ0n) is 10.5. The van der Waals surface area contributed by atoms with Gasteiger partial charge in [-0.25, -0.2) is 0 Å². The molecule has 94 valence electrons. The van der Waals surface area contributed by atoms with Crippen LogP contribution in [0.3, 0.4) is 0 Å². The highest BCUT2D eigenvalue weighted by Crippen LogP contribution is 2.24. The van der Waals surface area contributed by atoms with E-state index in [9.17, 15) is 4.79 Å². The second-order valence-electron chi connectivity index (χ2n) is 4.41. The molecular weight excluding hydrogens is 246 g/mol. The lowest BCUT2D eigenvalue weighted by atomic mass is 9.99. The highest BCUT2D eigenvalue weighted by molar-refractivity contribution is 6.30. The van der Waals surface area contributed by atoms with E-state index in [1.807, 2.05) is 31.2 Å². The molecule has 0 saturated heterocycles. The maximum atomic E-state index is 11.6. The Bertz CT molecular complexity index is 560. The molecule has 0 aromatic heterocycles. The van der Waals surface area contributed by atoms with Crippen LogP contribution in [0.1, 0.15) is 25.5 Å². The summed E-state index contributed by atoms with van der Waals surface area (Å²) >= 11 is 5.77. The minimum Gasteiger partial charge on any atom is -0.348 e. The van der Waals surface area contributed by atoms with Gasteiger partial charge in [-0.3, -0.25) is 4.79 Å². The number of amides is 1. The van der Waals surface area contributed by atoms with Crippen molar-refractivity contribution in [3.8, 4) is 0 Å². The van der Waals surface area contributed by atoms with Crippen LogP contribution in [-0.4, -0.2) is 11.3 Å². The molecule has 0 aliphatic heterocycles. The van der Waals surface area contributed by atoms with E-state index in [2.05, 4.69) is 23.5 Å². The van der Waals surface area contributed by atoms with Crippen molar-refractivity contribution >= 4 is 28.3 Å². The van der Waals surface area contributed by atoms with Crippen molar-refractivity contribution in [3.05, 3.63) is 48.0 Å². The van der Waals surface area contributed by atoms with E-state index in [1.165, 1.54) is 5.39 Å². The van der Waals surface area contributed by atoms with Crippen molar-refractivity contribution in [2.75, 3.05) is 0 Å². The second-order valence-corrected chi connectivity index (χ2v) is 5.07. The first-order valence-corrected chi connectivity index (χ1v) is 6.45. The summed E-state index contributed by atoms with van der Waals surface area (Å²) in [6, 6.07) is 14.2. The molecule has 0 saturated carbocycles. The first-order valence-electron chi connectivity index (χ1n) is 6.01. The summed E-state index contributed by atoms with van der Waals surface area (Å²) in [6.07, 6.45) is 0. The topological polar surface area (TPSA) is 29.1 Å². The molecular formula is C15H16ClNO. The Morgan fingerprint density at radius 3 is 2.50 bits per heavy atom. The molecule has 0 aliphatic carbocycles. The second kappa shape index (κ2) is 5.40. The fourth-order valence-corrected chi connectivity index (χ4v) is 2.10. The number of fused-ring (bicyclic) bond motifs is 1. The fourth-order valence-electron chi connectivity index (χ4n) is 2.03. The van der Waals surface area contributed by atoms with Gasteiger partial charge in [0.05, 0.1) is 6.04 Å². The van der Waals surface area contributed by atoms with Gasteiger partial charge in [0.15, 0.2) is 0 Å². The molecule has 0 fully saturated rings. The first-order chi connectivity index (χ1) is 8.59. The smallest absolute Gasteiger partial charge is 0.238 e. The number of nitrogens with one attached hydrogen (secondary N) is 1. The van der Waals surface area contributed by atoms with Gasteiger partial charge in [0.25, 0.3) is 0 Å². The Hall–Kier alpha value is -1.54. The number of rotatable bonds is 3. The van der Waals surface area contributed by atoms with Gasteiger partial charge in [0.2, 0.25) is 5.91 Å². The molecule has 1 amide bonds. The summed E-state index contributed by atoms with van der Waals surface area (Å²) in [7, 11) is 0. The molecule has 1 N–H and O–H groups in total. The van der Waals surface area contributed by atoms with Crippen molar-refractivity contribution in [2.45, 2.75) is 25.3 Å². The van der Waals surface area contributed by atoms with Gasteiger partial charge in [0, 0.05) is 0 Å². The van der Waals surface area contributed by atoms with Gasteiger partial charge in [-0.05, 0) is 30.2 Å². The molecule has 0 heterocycles. The average molecular weight is 262 g/mol. The highest BCUT2D eigenvalue weighted by atomic mass is 35.5. The number of halogens is 1. The SMILES string of the molecule is C[C@H](Cl)C(=O)N[C@H](C)c1cccc2ccccc12. The van der Waals surface area contributed by atoms with Gasteiger partial charge in [-0.15, -0.1) is 11.6 Å². The molecule has 2 aromatic rings. The standard InChI is InChI=1S/C15H16ClNO/c1-10(16)15(18)17-11(2)13-9-5-7-12-6-3-4-8-14(12)13/h3-11H,1-2H3,(H,17,18)/t10-,11+/m0/s1. The van der Waals surface area contributed by atoms with E-state index in [0.717, 1.165) is 10.9 Å². The Labute approximate surface area is 112 Å². The maximum absolute atomic E-state index is 11.6. The third-order valence-corrected chi connectivity index (χ3v) is 3.21. The number of benzene rings is 2. The summed E-state index contributed by atoms with van der Waals surface area (Å²) in [4.78, 5) is 11.6. The lowest BCUT2D eigenvalue weighted by Crippen LogP contribution is -2.32. The van der Waals surface area contributed by atoms with E-state index in [-0.39, 0.29) is 11.9 Å². The van der Waals surface area contributed by atoms with Crippen molar-refractivity contribution in [3.63, 3.8) is 0 Å². The van der Waals surface area contributed by atoms with Crippen molar-refractivity contribution in [1.82, 2.24) is 5.32 Å². The predicted molar refractivity (Wildman–Crippen MR) is 75.8 cm³/mol. The number of hydrogen-bond acceptors (Lipinski definition) is 1. The number of hydrogen-bond donors (Lipinski definition) is 1. The van der Waals surface area contributed by atoms with Crippen molar-refractivity contribution in [2.24, 2.45) is 0 Å². The number of alkyl halides is 1. The maximum Gasteiger partial charge on any atom is 0.238 e. The number of carbonyl (C=O) groups excluding carboxylic acids is 1. The highest BCUT2D eigenvalue weighted by Gasteiger charge is 2.15. The summed E-state index contributed by atoms with van der Waals surface area (Å²) in [5, 5.41) is 4.74. The van der Waals surface area contributed by atoms with E-state index < -0.39 is 5.38 Å². The monoisotopic (exact) mass is 261 g/mol. The Morgan fingerprint density at radius 2 is 1.78 bits per heavy atom. The Kier molecular flexibility index (Phi) is 3.87. The molecule has 18 heavy (non-hydrogen) atoms. The van der Waals surface area contributed by atoms with Gasteiger partial charge in [-0.2, -0.15) is 0 Å². The van der Waals surface area contributed by atoms with Crippen LogP contribution < -0.4 is 5.32 Å². The van der Waals surface area contributed by atoms with Crippen LogP contribution in [0.4, 0.5) is 0 Å². The van der Waals surface area contributed by atoms with Gasteiger partial charge in [-0.1, -0.05) is 42.5 Å². The number of carbonyl (C=O) groups is 1. The summed E-state index contributed by atoms with van der Waals surface area (Å²) in [5.41, 5.74) is 1.11. The molecule has 2 atom stereocenters. The minimum absolute atomic E-state index is 0.0511. The summed E-state index contributed by atoms with van der Waals surface area (Å²) in [5.74, 6) is -0.142. The van der Waals surface area contributed by atoms with Crippen LogP contribution in [0, 0.1) is 0 Å². The van der Waals surface area contributed by atoms with Crippen LogP contribution >= 0.6 is 11.6 Å². The van der Waals surface area contributed by atoms with Crippen molar-refractivity contribution in [1.29, 1.82) is 0 Å². The molecule has 0 aliphatic rings. The van der Waals surface area contributed by atoms with Gasteiger partial charge >= 0.3 is 0 Å².